The lowest BCUT2D eigenvalue weighted by molar-refractivity contribution is 0.382. The summed E-state index contributed by atoms with van der Waals surface area (Å²) in [5.41, 5.74) is 1.83. The monoisotopic (exact) mass is 143 g/mol. The topological polar surface area (TPSA) is 60.9 Å². The van der Waals surface area contributed by atoms with Gasteiger partial charge in [0.15, 0.2) is 0 Å². The summed E-state index contributed by atoms with van der Waals surface area (Å²) < 4.78 is 0.529. The highest BCUT2D eigenvalue weighted by Gasteiger charge is 1.84. The van der Waals surface area contributed by atoms with Gasteiger partial charge in [-0.1, -0.05) is 12.2 Å². The van der Waals surface area contributed by atoms with Gasteiger partial charge in [0.05, 0.1) is 0 Å². The Morgan fingerprint density at radius 3 is 3.00 bits per heavy atom. The van der Waals surface area contributed by atoms with E-state index >= 15 is 0 Å². The van der Waals surface area contributed by atoms with Gasteiger partial charge in [0.1, 0.15) is 4.64 Å². The molecule has 1 aromatic heterocycles. The molecule has 0 aromatic carbocycles. The average molecular weight is 143 g/mol. The van der Waals surface area contributed by atoms with Crippen LogP contribution in [0.4, 0.5) is 5.95 Å². The van der Waals surface area contributed by atoms with Crippen molar-refractivity contribution in [3.05, 3.63) is 16.9 Å². The number of nitrogens with one attached hydrogen (secondary N) is 2. The maximum Gasteiger partial charge on any atom is 0.225 e. The van der Waals surface area contributed by atoms with E-state index in [1.165, 1.54) is 6.20 Å². The van der Waals surface area contributed by atoms with Gasteiger partial charge in [-0.05, 0) is 6.07 Å². The smallest absolute Gasteiger partial charge is 0.225 e. The van der Waals surface area contributed by atoms with Crippen molar-refractivity contribution in [3.8, 4) is 0 Å². The quantitative estimate of drug-likeness (QED) is 0.404. The Morgan fingerprint density at radius 2 is 2.56 bits per heavy atom. The Kier molecular flexibility index (Phi) is 1.76. The molecule has 0 bridgehead atoms. The minimum Gasteiger partial charge on any atom is -0.315 e. The van der Waals surface area contributed by atoms with Gasteiger partial charge in [-0.25, -0.2) is 10.5 Å². The van der Waals surface area contributed by atoms with Crippen LogP contribution in [0.1, 0.15) is 0 Å². The number of hydrogen-bond acceptors (Lipinski definition) is 4. The summed E-state index contributed by atoms with van der Waals surface area (Å²) in [6.07, 6.45) is 1.50. The molecule has 0 aliphatic carbocycles. The number of anilines is 1. The second kappa shape index (κ2) is 2.56. The standard InChI is InChI=1S/C4H5N3OS/c8-7-4-5-2-1-3(9)6-4/h1-2,8H,(H2,5,6,7,9). The lowest BCUT2D eigenvalue weighted by Gasteiger charge is -1.93. The molecule has 1 heterocycles. The first-order chi connectivity index (χ1) is 4.33. The predicted octanol–water partition coefficient (Wildman–Crippen LogP) is 0.940. The summed E-state index contributed by atoms with van der Waals surface area (Å²) in [5, 5.41) is 8.27. The normalized spacial score (nSPS) is 9.00. The Balaban J connectivity index is 3.08. The molecule has 0 saturated carbocycles. The van der Waals surface area contributed by atoms with Crippen LogP contribution in [-0.2, 0) is 0 Å². The average Bonchev–Trinajstić information content (AvgIpc) is 1.88. The van der Waals surface area contributed by atoms with Crippen molar-refractivity contribution in [2.45, 2.75) is 0 Å². The molecule has 1 aromatic rings. The molecule has 3 N–H and O–H groups in total. The van der Waals surface area contributed by atoms with E-state index in [1.807, 2.05) is 5.48 Å². The molecule has 9 heavy (non-hydrogen) atoms. The predicted molar refractivity (Wildman–Crippen MR) is 34.8 cm³/mol. The molecule has 48 valence electrons. The highest BCUT2D eigenvalue weighted by atomic mass is 32.1. The van der Waals surface area contributed by atoms with E-state index in [-0.39, 0.29) is 5.95 Å². The van der Waals surface area contributed by atoms with Crippen molar-refractivity contribution >= 4 is 18.2 Å². The first-order valence-electron chi connectivity index (χ1n) is 2.28. The minimum atomic E-state index is 0.252. The number of hydrogen-bond donors (Lipinski definition) is 3. The van der Waals surface area contributed by atoms with Crippen LogP contribution in [0.25, 0.3) is 0 Å². The third kappa shape index (κ3) is 1.48. The number of rotatable bonds is 1. The number of H-pyrrole nitrogens is 1. The van der Waals surface area contributed by atoms with Crippen LogP contribution in [0.15, 0.2) is 12.3 Å². The van der Waals surface area contributed by atoms with Gasteiger partial charge in [0.2, 0.25) is 5.95 Å². The van der Waals surface area contributed by atoms with Crippen LogP contribution < -0.4 is 5.48 Å². The Hall–Kier alpha value is -0.940. The van der Waals surface area contributed by atoms with Crippen LogP contribution in [0.5, 0.6) is 0 Å². The largest absolute Gasteiger partial charge is 0.315 e. The first-order valence-corrected chi connectivity index (χ1v) is 2.69. The fourth-order valence-electron chi connectivity index (χ4n) is 0.427. The van der Waals surface area contributed by atoms with Gasteiger partial charge in [-0.15, -0.1) is 0 Å². The second-order valence-corrected chi connectivity index (χ2v) is 1.83. The zero-order valence-corrected chi connectivity index (χ0v) is 5.27. The first kappa shape index (κ1) is 6.18. The molecule has 0 amide bonds. The van der Waals surface area contributed by atoms with Crippen molar-refractivity contribution in [2.75, 3.05) is 5.48 Å². The van der Waals surface area contributed by atoms with Crippen molar-refractivity contribution in [1.29, 1.82) is 0 Å². The van der Waals surface area contributed by atoms with E-state index in [4.69, 9.17) is 17.4 Å². The molecule has 0 fully saturated rings. The molecule has 0 aliphatic heterocycles. The van der Waals surface area contributed by atoms with E-state index in [2.05, 4.69) is 9.97 Å². The highest BCUT2D eigenvalue weighted by molar-refractivity contribution is 7.71. The number of nitrogens with zero attached hydrogens (tertiary/aromatic N) is 1. The molecule has 5 heteroatoms. The molecule has 0 unspecified atom stereocenters. The van der Waals surface area contributed by atoms with Crippen LogP contribution in [0.2, 0.25) is 0 Å². The van der Waals surface area contributed by atoms with Crippen LogP contribution in [-0.4, -0.2) is 15.2 Å². The summed E-state index contributed by atoms with van der Waals surface area (Å²) in [6, 6.07) is 1.62. The van der Waals surface area contributed by atoms with Crippen molar-refractivity contribution in [2.24, 2.45) is 0 Å². The zero-order chi connectivity index (χ0) is 6.69. The molecule has 4 nitrogen and oxygen atoms in total. The summed E-state index contributed by atoms with van der Waals surface area (Å²) in [5.74, 6) is 0.252. The highest BCUT2D eigenvalue weighted by Crippen LogP contribution is 1.92. The SMILES string of the molecule is ONc1nccc(=S)[nH]1. The minimum absolute atomic E-state index is 0.252. The third-order valence-corrected chi connectivity index (χ3v) is 1.02. The van der Waals surface area contributed by atoms with Crippen LogP contribution in [0, 0.1) is 4.64 Å². The molecule has 0 radical (unpaired) electrons. The van der Waals surface area contributed by atoms with Gasteiger partial charge in [-0.3, -0.25) is 5.21 Å². The summed E-state index contributed by atoms with van der Waals surface area (Å²) in [6.45, 7) is 0. The maximum absolute atomic E-state index is 8.27. The Labute approximate surface area is 56.5 Å². The Bertz CT molecular complexity index is 246. The van der Waals surface area contributed by atoms with Gasteiger partial charge >= 0.3 is 0 Å². The van der Waals surface area contributed by atoms with Gasteiger partial charge < -0.3 is 4.98 Å². The molecule has 0 saturated heterocycles. The molecule has 0 aliphatic rings. The fourth-order valence-corrected chi connectivity index (χ4v) is 0.584. The van der Waals surface area contributed by atoms with E-state index in [9.17, 15) is 0 Å². The van der Waals surface area contributed by atoms with E-state index in [0.29, 0.717) is 4.64 Å². The summed E-state index contributed by atoms with van der Waals surface area (Å²) in [4.78, 5) is 6.27. The lowest BCUT2D eigenvalue weighted by atomic mass is 10.7. The molecule has 1 rings (SSSR count). The van der Waals surface area contributed by atoms with Crippen molar-refractivity contribution in [1.82, 2.24) is 9.97 Å². The van der Waals surface area contributed by atoms with Crippen molar-refractivity contribution in [3.63, 3.8) is 0 Å². The second-order valence-electron chi connectivity index (χ2n) is 1.39. The molecular weight excluding hydrogens is 138 g/mol. The van der Waals surface area contributed by atoms with E-state index in [0.717, 1.165) is 0 Å². The van der Waals surface area contributed by atoms with Crippen molar-refractivity contribution < 1.29 is 5.21 Å². The molecular formula is C4H5N3OS. The number of aromatic nitrogens is 2. The number of aromatic amines is 1. The summed E-state index contributed by atoms with van der Waals surface area (Å²) in [7, 11) is 0. The van der Waals surface area contributed by atoms with E-state index in [1.54, 1.807) is 6.07 Å². The fraction of sp³-hybridized carbons (Fsp3) is 0. The maximum atomic E-state index is 8.27. The third-order valence-electron chi connectivity index (χ3n) is 0.777. The lowest BCUT2D eigenvalue weighted by Crippen LogP contribution is -1.94. The molecule has 0 spiro atoms. The molecule has 0 atom stereocenters. The van der Waals surface area contributed by atoms with Crippen LogP contribution in [0.3, 0.4) is 0 Å². The van der Waals surface area contributed by atoms with Gasteiger partial charge in [0, 0.05) is 6.20 Å². The van der Waals surface area contributed by atoms with Gasteiger partial charge in [0.25, 0.3) is 0 Å². The Morgan fingerprint density at radius 1 is 1.78 bits per heavy atom. The van der Waals surface area contributed by atoms with Gasteiger partial charge in [-0.2, -0.15) is 0 Å². The van der Waals surface area contributed by atoms with Crippen LogP contribution >= 0.6 is 12.2 Å². The zero-order valence-electron chi connectivity index (χ0n) is 4.46. The summed E-state index contributed by atoms with van der Waals surface area (Å²) >= 11 is 4.72. The van der Waals surface area contributed by atoms with E-state index < -0.39 is 0 Å².